The second-order valence-electron chi connectivity index (χ2n) is 5.20. The SMILES string of the molecule is CCNC(=NCc1ncnn1C)NCCCOc1ccc(Cl)cc1Cl.I. The van der Waals surface area contributed by atoms with Crippen LogP contribution in [0.2, 0.25) is 10.0 Å². The Balaban J connectivity index is 0.00000338. The maximum absolute atomic E-state index is 6.07. The number of ether oxygens (including phenoxy) is 1. The van der Waals surface area contributed by atoms with Crippen molar-refractivity contribution in [2.45, 2.75) is 19.9 Å². The van der Waals surface area contributed by atoms with E-state index >= 15 is 0 Å². The van der Waals surface area contributed by atoms with Crippen molar-refractivity contribution >= 4 is 53.1 Å². The van der Waals surface area contributed by atoms with E-state index in [1.165, 1.54) is 6.33 Å². The first-order valence-corrected chi connectivity index (χ1v) is 8.78. The lowest BCUT2D eigenvalue weighted by Gasteiger charge is -2.12. The standard InChI is InChI=1S/C16H22Cl2N6O.HI/c1-3-19-16(21-10-15-22-11-23-24(15)2)20-7-4-8-25-14-6-5-12(17)9-13(14)18;/h5-6,9,11H,3-4,7-8,10H2,1-2H3,(H2,19,20,21);1H. The van der Waals surface area contributed by atoms with Crippen molar-refractivity contribution in [3.05, 3.63) is 40.4 Å². The lowest BCUT2D eigenvalue weighted by Crippen LogP contribution is -2.38. The number of rotatable bonds is 8. The number of aromatic nitrogens is 3. The molecule has 2 N–H and O–H groups in total. The summed E-state index contributed by atoms with van der Waals surface area (Å²) in [5.41, 5.74) is 0. The molecule has 1 aromatic heterocycles. The summed E-state index contributed by atoms with van der Waals surface area (Å²) in [6.45, 7) is 4.52. The van der Waals surface area contributed by atoms with E-state index in [0.717, 1.165) is 31.3 Å². The predicted molar refractivity (Wildman–Crippen MR) is 116 cm³/mol. The largest absolute Gasteiger partial charge is 0.492 e. The molecule has 0 saturated heterocycles. The average Bonchev–Trinajstić information content (AvgIpc) is 2.99. The Morgan fingerprint density at radius 2 is 2.12 bits per heavy atom. The lowest BCUT2D eigenvalue weighted by molar-refractivity contribution is 0.311. The van der Waals surface area contributed by atoms with Crippen molar-refractivity contribution in [2.75, 3.05) is 19.7 Å². The molecule has 0 amide bonds. The van der Waals surface area contributed by atoms with Gasteiger partial charge in [-0.1, -0.05) is 23.2 Å². The van der Waals surface area contributed by atoms with Crippen LogP contribution in [0.25, 0.3) is 0 Å². The number of aliphatic imine (C=N–C) groups is 1. The third kappa shape index (κ3) is 7.55. The van der Waals surface area contributed by atoms with Gasteiger partial charge in [0.15, 0.2) is 5.96 Å². The zero-order valence-electron chi connectivity index (χ0n) is 14.7. The van der Waals surface area contributed by atoms with E-state index in [1.54, 1.807) is 22.9 Å². The molecule has 0 spiro atoms. The lowest BCUT2D eigenvalue weighted by atomic mass is 10.3. The van der Waals surface area contributed by atoms with Gasteiger partial charge in [0, 0.05) is 25.2 Å². The highest BCUT2D eigenvalue weighted by Crippen LogP contribution is 2.27. The highest BCUT2D eigenvalue weighted by atomic mass is 127. The Hall–Kier alpha value is -1.26. The Kier molecular flexibility index (Phi) is 10.7. The second kappa shape index (κ2) is 12.2. The Morgan fingerprint density at radius 3 is 2.77 bits per heavy atom. The molecule has 1 heterocycles. The fraction of sp³-hybridized carbons (Fsp3) is 0.438. The third-order valence-electron chi connectivity index (χ3n) is 3.29. The highest BCUT2D eigenvalue weighted by molar-refractivity contribution is 14.0. The van der Waals surface area contributed by atoms with E-state index in [9.17, 15) is 0 Å². The number of hydrogen-bond donors (Lipinski definition) is 2. The first-order valence-electron chi connectivity index (χ1n) is 8.03. The van der Waals surface area contributed by atoms with E-state index in [0.29, 0.717) is 28.9 Å². The molecule has 0 aliphatic rings. The molecule has 26 heavy (non-hydrogen) atoms. The van der Waals surface area contributed by atoms with Gasteiger partial charge < -0.3 is 15.4 Å². The molecule has 144 valence electrons. The monoisotopic (exact) mass is 512 g/mol. The topological polar surface area (TPSA) is 76.4 Å². The molecule has 0 aliphatic heterocycles. The second-order valence-corrected chi connectivity index (χ2v) is 6.04. The summed E-state index contributed by atoms with van der Waals surface area (Å²) in [4.78, 5) is 8.64. The number of aryl methyl sites for hydroxylation is 1. The van der Waals surface area contributed by atoms with E-state index in [4.69, 9.17) is 27.9 Å². The van der Waals surface area contributed by atoms with Crippen LogP contribution >= 0.6 is 47.2 Å². The molecule has 10 heteroatoms. The van der Waals surface area contributed by atoms with Crippen molar-refractivity contribution in [3.63, 3.8) is 0 Å². The number of guanidine groups is 1. The van der Waals surface area contributed by atoms with Gasteiger partial charge in [-0.15, -0.1) is 24.0 Å². The van der Waals surface area contributed by atoms with Crippen LogP contribution < -0.4 is 15.4 Å². The van der Waals surface area contributed by atoms with Gasteiger partial charge in [0.25, 0.3) is 0 Å². The van der Waals surface area contributed by atoms with Crippen LogP contribution in [-0.4, -0.2) is 40.4 Å². The Bertz CT molecular complexity index is 710. The molecule has 0 saturated carbocycles. The summed E-state index contributed by atoms with van der Waals surface area (Å²) in [5.74, 6) is 2.17. The predicted octanol–water partition coefficient (Wildman–Crippen LogP) is 3.26. The molecule has 0 radical (unpaired) electrons. The van der Waals surface area contributed by atoms with Crippen molar-refractivity contribution in [1.29, 1.82) is 0 Å². The summed E-state index contributed by atoms with van der Waals surface area (Å²) >= 11 is 11.9. The minimum absolute atomic E-state index is 0. The minimum atomic E-state index is 0. The molecular weight excluding hydrogens is 490 g/mol. The number of hydrogen-bond acceptors (Lipinski definition) is 4. The van der Waals surface area contributed by atoms with Crippen LogP contribution in [0.15, 0.2) is 29.5 Å². The fourth-order valence-corrected chi connectivity index (χ4v) is 2.47. The van der Waals surface area contributed by atoms with Crippen LogP contribution in [0.5, 0.6) is 5.75 Å². The van der Waals surface area contributed by atoms with Gasteiger partial charge in [-0.2, -0.15) is 5.10 Å². The average molecular weight is 513 g/mol. The van der Waals surface area contributed by atoms with Gasteiger partial charge >= 0.3 is 0 Å². The summed E-state index contributed by atoms with van der Waals surface area (Å²) in [5, 5.41) is 11.6. The van der Waals surface area contributed by atoms with E-state index in [1.807, 2.05) is 14.0 Å². The van der Waals surface area contributed by atoms with Crippen LogP contribution in [0.4, 0.5) is 0 Å². The first kappa shape index (κ1) is 22.8. The van der Waals surface area contributed by atoms with Crippen molar-refractivity contribution in [3.8, 4) is 5.75 Å². The van der Waals surface area contributed by atoms with E-state index in [-0.39, 0.29) is 24.0 Å². The van der Waals surface area contributed by atoms with Gasteiger partial charge in [-0.05, 0) is 31.5 Å². The van der Waals surface area contributed by atoms with Gasteiger partial charge in [0.05, 0.1) is 11.6 Å². The van der Waals surface area contributed by atoms with Gasteiger partial charge in [-0.25, -0.2) is 9.98 Å². The number of benzene rings is 1. The van der Waals surface area contributed by atoms with Crippen molar-refractivity contribution < 1.29 is 4.74 Å². The molecule has 2 aromatic rings. The number of halogens is 3. The fourth-order valence-electron chi connectivity index (χ4n) is 2.01. The third-order valence-corrected chi connectivity index (χ3v) is 3.82. The zero-order valence-corrected chi connectivity index (χ0v) is 18.5. The van der Waals surface area contributed by atoms with Gasteiger partial charge in [-0.3, -0.25) is 4.68 Å². The van der Waals surface area contributed by atoms with E-state index < -0.39 is 0 Å². The van der Waals surface area contributed by atoms with Crippen molar-refractivity contribution in [2.24, 2.45) is 12.0 Å². The van der Waals surface area contributed by atoms with Crippen LogP contribution in [0, 0.1) is 0 Å². The number of nitrogens with one attached hydrogen (secondary N) is 2. The number of nitrogens with zero attached hydrogens (tertiary/aromatic N) is 4. The molecular formula is C16H23Cl2IN6O. The molecule has 0 unspecified atom stereocenters. The molecule has 2 rings (SSSR count). The Morgan fingerprint density at radius 1 is 1.31 bits per heavy atom. The zero-order chi connectivity index (χ0) is 18.1. The molecule has 0 bridgehead atoms. The van der Waals surface area contributed by atoms with Gasteiger partial charge in [0.1, 0.15) is 24.4 Å². The molecule has 1 aromatic carbocycles. The van der Waals surface area contributed by atoms with Crippen LogP contribution in [0.1, 0.15) is 19.2 Å². The quantitative estimate of drug-likeness (QED) is 0.246. The van der Waals surface area contributed by atoms with Crippen LogP contribution in [-0.2, 0) is 13.6 Å². The smallest absolute Gasteiger partial charge is 0.191 e. The van der Waals surface area contributed by atoms with Gasteiger partial charge in [0.2, 0.25) is 0 Å². The molecule has 7 nitrogen and oxygen atoms in total. The molecule has 0 aliphatic carbocycles. The molecule has 0 fully saturated rings. The maximum atomic E-state index is 6.07. The van der Waals surface area contributed by atoms with Crippen molar-refractivity contribution in [1.82, 2.24) is 25.4 Å². The molecule has 0 atom stereocenters. The summed E-state index contributed by atoms with van der Waals surface area (Å²) < 4.78 is 7.36. The summed E-state index contributed by atoms with van der Waals surface area (Å²) in [7, 11) is 1.84. The highest BCUT2D eigenvalue weighted by Gasteiger charge is 2.03. The summed E-state index contributed by atoms with van der Waals surface area (Å²) in [6.07, 6.45) is 2.32. The normalized spacial score (nSPS) is 11.0. The minimum Gasteiger partial charge on any atom is -0.492 e. The van der Waals surface area contributed by atoms with E-state index in [2.05, 4.69) is 25.7 Å². The first-order chi connectivity index (χ1) is 12.1. The Labute approximate surface area is 180 Å². The maximum Gasteiger partial charge on any atom is 0.191 e. The summed E-state index contributed by atoms with van der Waals surface area (Å²) in [6, 6.07) is 5.19. The van der Waals surface area contributed by atoms with Crippen LogP contribution in [0.3, 0.4) is 0 Å².